The molecule has 31 heavy (non-hydrogen) atoms. The largest absolute Gasteiger partial charge is 0.497 e. The fraction of sp³-hybridized carbons (Fsp3) is 0.346. The molecule has 0 saturated carbocycles. The van der Waals surface area contributed by atoms with E-state index in [1.54, 1.807) is 7.11 Å². The van der Waals surface area contributed by atoms with Gasteiger partial charge in [0.1, 0.15) is 5.75 Å². The zero-order valence-electron chi connectivity index (χ0n) is 18.7. The molecule has 0 radical (unpaired) electrons. The van der Waals surface area contributed by atoms with Gasteiger partial charge in [0.25, 0.3) is 0 Å². The fourth-order valence-corrected chi connectivity index (χ4v) is 4.34. The summed E-state index contributed by atoms with van der Waals surface area (Å²) in [6.07, 6.45) is 0. The summed E-state index contributed by atoms with van der Waals surface area (Å²) in [5.41, 5.74) is 5.50. The van der Waals surface area contributed by atoms with E-state index in [2.05, 4.69) is 64.6 Å². The number of piperazine rings is 1. The standard InChI is InChI=1S/C26H31N3O2/c1-20-17-25(21(2)29(20)18-22-7-5-4-6-8-22)26(30)19-27-13-15-28(16-14-27)23-9-11-24(31-3)12-10-23/h4-12,17H,13-16,18-19H2,1-3H3. The lowest BCUT2D eigenvalue weighted by Crippen LogP contribution is -2.48. The van der Waals surface area contributed by atoms with Crippen molar-refractivity contribution in [1.82, 2.24) is 9.47 Å². The van der Waals surface area contributed by atoms with Gasteiger partial charge in [-0.15, -0.1) is 0 Å². The smallest absolute Gasteiger partial charge is 0.178 e. The third-order valence-corrected chi connectivity index (χ3v) is 6.23. The summed E-state index contributed by atoms with van der Waals surface area (Å²) in [4.78, 5) is 17.7. The summed E-state index contributed by atoms with van der Waals surface area (Å²) in [5, 5.41) is 0. The number of aryl methyl sites for hydroxylation is 1. The van der Waals surface area contributed by atoms with Crippen molar-refractivity contribution in [3.05, 3.63) is 83.2 Å². The molecule has 0 unspecified atom stereocenters. The molecule has 1 saturated heterocycles. The highest BCUT2D eigenvalue weighted by atomic mass is 16.5. The number of ketones is 1. The average Bonchev–Trinajstić information content (AvgIpc) is 3.09. The van der Waals surface area contributed by atoms with Crippen molar-refractivity contribution in [3.63, 3.8) is 0 Å². The number of nitrogens with zero attached hydrogens (tertiary/aromatic N) is 3. The van der Waals surface area contributed by atoms with E-state index in [-0.39, 0.29) is 5.78 Å². The van der Waals surface area contributed by atoms with Gasteiger partial charge >= 0.3 is 0 Å². The lowest BCUT2D eigenvalue weighted by atomic mass is 10.1. The minimum atomic E-state index is 0.213. The molecule has 0 amide bonds. The first-order valence-electron chi connectivity index (χ1n) is 10.9. The quantitative estimate of drug-likeness (QED) is 0.541. The van der Waals surface area contributed by atoms with Crippen molar-refractivity contribution >= 4 is 11.5 Å². The predicted octanol–water partition coefficient (Wildman–Crippen LogP) is 4.17. The maximum atomic E-state index is 13.1. The highest BCUT2D eigenvalue weighted by Crippen LogP contribution is 2.22. The van der Waals surface area contributed by atoms with Gasteiger partial charge in [0.05, 0.1) is 13.7 Å². The molecule has 1 fully saturated rings. The van der Waals surface area contributed by atoms with Crippen LogP contribution >= 0.6 is 0 Å². The van der Waals surface area contributed by atoms with Crippen LogP contribution in [0.3, 0.4) is 0 Å². The average molecular weight is 418 g/mol. The molecular formula is C26H31N3O2. The van der Waals surface area contributed by atoms with Crippen LogP contribution in [0.1, 0.15) is 27.3 Å². The van der Waals surface area contributed by atoms with E-state index in [0.29, 0.717) is 6.54 Å². The monoisotopic (exact) mass is 417 g/mol. The second-order valence-electron chi connectivity index (χ2n) is 8.24. The predicted molar refractivity (Wildman–Crippen MR) is 125 cm³/mol. The maximum Gasteiger partial charge on any atom is 0.178 e. The molecule has 5 heteroatoms. The van der Waals surface area contributed by atoms with Crippen LogP contribution < -0.4 is 9.64 Å². The van der Waals surface area contributed by atoms with Crippen LogP contribution in [-0.2, 0) is 6.54 Å². The number of carbonyl (C=O) groups is 1. The number of carbonyl (C=O) groups excluding carboxylic acids is 1. The molecule has 4 rings (SSSR count). The third-order valence-electron chi connectivity index (χ3n) is 6.23. The Kier molecular flexibility index (Phi) is 6.42. The summed E-state index contributed by atoms with van der Waals surface area (Å²) in [5.74, 6) is 1.09. The minimum Gasteiger partial charge on any atom is -0.497 e. The van der Waals surface area contributed by atoms with Crippen LogP contribution in [-0.4, -0.2) is 55.1 Å². The van der Waals surface area contributed by atoms with Gasteiger partial charge in [-0.25, -0.2) is 0 Å². The van der Waals surface area contributed by atoms with Crippen LogP contribution in [0.15, 0.2) is 60.7 Å². The van der Waals surface area contributed by atoms with Crippen LogP contribution in [0, 0.1) is 13.8 Å². The highest BCUT2D eigenvalue weighted by Gasteiger charge is 2.22. The Bertz CT molecular complexity index is 1020. The van der Waals surface area contributed by atoms with E-state index >= 15 is 0 Å². The molecule has 1 aliphatic heterocycles. The molecule has 162 valence electrons. The molecule has 0 bridgehead atoms. The van der Waals surface area contributed by atoms with Gasteiger partial charge in [-0.3, -0.25) is 9.69 Å². The first kappa shape index (κ1) is 21.2. The van der Waals surface area contributed by atoms with Gasteiger partial charge in [0.15, 0.2) is 5.78 Å². The fourth-order valence-electron chi connectivity index (χ4n) is 4.34. The second kappa shape index (κ2) is 9.40. The summed E-state index contributed by atoms with van der Waals surface area (Å²) in [7, 11) is 1.68. The summed E-state index contributed by atoms with van der Waals surface area (Å²) >= 11 is 0. The number of methoxy groups -OCH3 is 1. The van der Waals surface area contributed by atoms with Crippen LogP contribution in [0.2, 0.25) is 0 Å². The Balaban J connectivity index is 1.36. The molecule has 1 aromatic heterocycles. The molecule has 0 atom stereocenters. The van der Waals surface area contributed by atoms with E-state index in [0.717, 1.165) is 55.4 Å². The van der Waals surface area contributed by atoms with E-state index in [1.165, 1.54) is 11.3 Å². The van der Waals surface area contributed by atoms with Crippen LogP contribution in [0.5, 0.6) is 5.75 Å². The molecular weight excluding hydrogens is 386 g/mol. The zero-order valence-corrected chi connectivity index (χ0v) is 18.7. The van der Waals surface area contributed by atoms with Crippen molar-refractivity contribution < 1.29 is 9.53 Å². The van der Waals surface area contributed by atoms with Crippen LogP contribution in [0.4, 0.5) is 5.69 Å². The minimum absolute atomic E-state index is 0.213. The van der Waals surface area contributed by atoms with Gasteiger partial charge in [-0.2, -0.15) is 0 Å². The van der Waals surface area contributed by atoms with Gasteiger partial charge in [-0.05, 0) is 49.7 Å². The van der Waals surface area contributed by atoms with Crippen LogP contribution in [0.25, 0.3) is 0 Å². The zero-order chi connectivity index (χ0) is 21.8. The van der Waals surface area contributed by atoms with Crippen molar-refractivity contribution in [2.45, 2.75) is 20.4 Å². The number of rotatable bonds is 7. The third kappa shape index (κ3) is 4.83. The Hall–Kier alpha value is -3.05. The highest BCUT2D eigenvalue weighted by molar-refractivity contribution is 5.99. The summed E-state index contributed by atoms with van der Waals surface area (Å²) in [6, 6.07) is 20.6. The molecule has 0 N–H and O–H groups in total. The lowest BCUT2D eigenvalue weighted by molar-refractivity contribution is 0.0925. The van der Waals surface area contributed by atoms with E-state index in [1.807, 2.05) is 24.3 Å². The molecule has 3 aromatic rings. The summed E-state index contributed by atoms with van der Waals surface area (Å²) in [6.45, 7) is 9.05. The normalized spacial score (nSPS) is 14.6. The Morgan fingerprint density at radius 2 is 1.61 bits per heavy atom. The SMILES string of the molecule is COc1ccc(N2CCN(CC(=O)c3cc(C)n(Cc4ccccc4)c3C)CC2)cc1. The van der Waals surface area contributed by atoms with E-state index < -0.39 is 0 Å². The van der Waals surface area contributed by atoms with Crippen molar-refractivity contribution in [2.24, 2.45) is 0 Å². The number of hydrogen-bond acceptors (Lipinski definition) is 4. The molecule has 2 heterocycles. The number of benzene rings is 2. The number of aromatic nitrogens is 1. The number of anilines is 1. The van der Waals surface area contributed by atoms with E-state index in [4.69, 9.17) is 4.74 Å². The number of Topliss-reactive ketones (excluding diaryl/α,β-unsaturated/α-hetero) is 1. The first-order chi connectivity index (χ1) is 15.0. The molecule has 0 spiro atoms. The van der Waals surface area contributed by atoms with Gasteiger partial charge < -0.3 is 14.2 Å². The Morgan fingerprint density at radius 1 is 0.935 bits per heavy atom. The van der Waals surface area contributed by atoms with Gasteiger partial charge in [-0.1, -0.05) is 30.3 Å². The lowest BCUT2D eigenvalue weighted by Gasteiger charge is -2.35. The Morgan fingerprint density at radius 3 is 2.26 bits per heavy atom. The molecule has 2 aromatic carbocycles. The van der Waals surface area contributed by atoms with E-state index in [9.17, 15) is 4.79 Å². The maximum absolute atomic E-state index is 13.1. The van der Waals surface area contributed by atoms with Gasteiger partial charge in [0.2, 0.25) is 0 Å². The molecule has 0 aliphatic carbocycles. The number of hydrogen-bond donors (Lipinski definition) is 0. The summed E-state index contributed by atoms with van der Waals surface area (Å²) < 4.78 is 7.49. The first-order valence-corrected chi connectivity index (χ1v) is 10.9. The number of ether oxygens (including phenoxy) is 1. The topological polar surface area (TPSA) is 37.7 Å². The molecule has 5 nitrogen and oxygen atoms in total. The van der Waals surface area contributed by atoms with Crippen molar-refractivity contribution in [3.8, 4) is 5.75 Å². The second-order valence-corrected chi connectivity index (χ2v) is 8.24. The molecule has 1 aliphatic rings. The van der Waals surface area contributed by atoms with Gasteiger partial charge in [0, 0.05) is 55.4 Å². The Labute approximate surface area is 184 Å². The van der Waals surface area contributed by atoms with Crippen molar-refractivity contribution in [2.75, 3.05) is 44.7 Å². The van der Waals surface area contributed by atoms with Crippen molar-refractivity contribution in [1.29, 1.82) is 0 Å².